The molecular weight excluding hydrogens is 363 g/mol. The predicted molar refractivity (Wildman–Crippen MR) is 72.3 cm³/mol. The fraction of sp³-hybridized carbons (Fsp3) is 1.00. The van der Waals surface area contributed by atoms with Crippen LogP contribution in [0.25, 0.3) is 0 Å². The molecule has 0 bridgehead atoms. The summed E-state index contributed by atoms with van der Waals surface area (Å²) in [7, 11) is -5.63. The number of rotatable bonds is 2. The Bertz CT molecular complexity index is 189. The van der Waals surface area contributed by atoms with Crippen molar-refractivity contribution >= 4 is 35.4 Å². The fourth-order valence-electron chi connectivity index (χ4n) is 1.39. The van der Waals surface area contributed by atoms with Crippen molar-refractivity contribution in [2.24, 2.45) is 0 Å². The molecule has 1 N–H and O–H groups in total. The van der Waals surface area contributed by atoms with E-state index < -0.39 is 35.4 Å². The summed E-state index contributed by atoms with van der Waals surface area (Å²) in [5.41, 5.74) is 0. The summed E-state index contributed by atoms with van der Waals surface area (Å²) in [6, 6.07) is 0. The minimum absolute atomic E-state index is 0. The van der Waals surface area contributed by atoms with Crippen LogP contribution >= 0.6 is 0 Å². The van der Waals surface area contributed by atoms with E-state index in [2.05, 4.69) is 32.7 Å². The van der Waals surface area contributed by atoms with Crippen LogP contribution in [0.2, 0.25) is 45.8 Å². The van der Waals surface area contributed by atoms with Gasteiger partial charge in [-0.25, -0.2) is 0 Å². The largest absolute Gasteiger partial charge is 0.439 e. The van der Waals surface area contributed by atoms with Gasteiger partial charge in [-0.05, 0) is 45.8 Å². The minimum atomic E-state index is -2.16. The second kappa shape index (κ2) is 7.70. The van der Waals surface area contributed by atoms with Crippen molar-refractivity contribution in [2.45, 2.75) is 45.8 Å². The Morgan fingerprint density at radius 3 is 1.62 bits per heavy atom. The van der Waals surface area contributed by atoms with E-state index >= 15 is 0 Å². The third-order valence-electron chi connectivity index (χ3n) is 1.42. The van der Waals surface area contributed by atoms with Gasteiger partial charge in [-0.2, -0.15) is 0 Å². The SMILES string of the molecule is C[SiH](C)O[Si](C)(C)O.C[SiH]1O[Si](C)(C)O1.[Rh]. The van der Waals surface area contributed by atoms with E-state index in [-0.39, 0.29) is 19.5 Å². The van der Waals surface area contributed by atoms with Crippen LogP contribution in [0.3, 0.4) is 0 Å². The Morgan fingerprint density at radius 1 is 1.25 bits per heavy atom. The third kappa shape index (κ3) is 11.8. The van der Waals surface area contributed by atoms with Gasteiger partial charge < -0.3 is 17.1 Å². The second-order valence-electron chi connectivity index (χ2n) is 4.82. The monoisotopic (exact) mass is 387 g/mol. The van der Waals surface area contributed by atoms with Gasteiger partial charge in [0.05, 0.1) is 0 Å². The molecule has 101 valence electrons. The molecule has 1 fully saturated rings. The van der Waals surface area contributed by atoms with E-state index in [0.29, 0.717) is 0 Å². The third-order valence-corrected chi connectivity index (χ3v) is 12.8. The zero-order valence-electron chi connectivity index (χ0n) is 11.2. The van der Waals surface area contributed by atoms with E-state index in [4.69, 9.17) is 17.1 Å². The van der Waals surface area contributed by atoms with Crippen molar-refractivity contribution in [2.75, 3.05) is 0 Å². The van der Waals surface area contributed by atoms with Gasteiger partial charge in [-0.1, -0.05) is 0 Å². The maximum Gasteiger partial charge on any atom is 0.318 e. The smallest absolute Gasteiger partial charge is 0.318 e. The summed E-state index contributed by atoms with van der Waals surface area (Å²) in [5.74, 6) is 0. The molecule has 1 heterocycles. The standard InChI is InChI=1S/C4H14O2Si2.C3H10O2Si2.Rh/c1-7(2)6-8(3,4)5;1-6-4-7(2,3)5-6;/h5,7H,1-4H3;6H,1-3H3;. The van der Waals surface area contributed by atoms with Crippen molar-refractivity contribution in [3.8, 4) is 0 Å². The van der Waals surface area contributed by atoms with Crippen LogP contribution in [0.15, 0.2) is 0 Å². The molecule has 1 radical (unpaired) electrons. The van der Waals surface area contributed by atoms with E-state index in [0.717, 1.165) is 0 Å². The molecule has 0 aromatic carbocycles. The molecule has 0 aromatic rings. The minimum Gasteiger partial charge on any atom is -0.439 e. The molecule has 0 atom stereocenters. The zero-order chi connectivity index (χ0) is 12.3. The molecular formula is C7H24O4RhSi4. The van der Waals surface area contributed by atoms with Crippen LogP contribution < -0.4 is 0 Å². The van der Waals surface area contributed by atoms with Gasteiger partial charge in [-0.15, -0.1) is 0 Å². The topological polar surface area (TPSA) is 47.9 Å². The molecule has 0 amide bonds. The van der Waals surface area contributed by atoms with Crippen molar-refractivity contribution < 1.29 is 36.6 Å². The van der Waals surface area contributed by atoms with Crippen molar-refractivity contribution in [1.29, 1.82) is 0 Å². The molecule has 1 saturated heterocycles. The zero-order valence-corrected chi connectivity index (χ0v) is 17.1. The quantitative estimate of drug-likeness (QED) is 0.725. The first-order valence-corrected chi connectivity index (χ1v) is 15.8. The summed E-state index contributed by atoms with van der Waals surface area (Å²) in [6.07, 6.45) is 0. The average molecular weight is 388 g/mol. The van der Waals surface area contributed by atoms with Gasteiger partial charge in [0.15, 0.2) is 9.04 Å². The Morgan fingerprint density at radius 2 is 1.62 bits per heavy atom. The maximum absolute atomic E-state index is 9.14. The second-order valence-corrected chi connectivity index (χ2v) is 16.6. The maximum atomic E-state index is 9.14. The van der Waals surface area contributed by atoms with Gasteiger partial charge in [0.25, 0.3) is 0 Å². The van der Waals surface area contributed by atoms with Gasteiger partial charge in [0.1, 0.15) is 0 Å². The molecule has 1 aliphatic rings. The van der Waals surface area contributed by atoms with Crippen LogP contribution in [-0.4, -0.2) is 40.2 Å². The molecule has 4 nitrogen and oxygen atoms in total. The van der Waals surface area contributed by atoms with Crippen LogP contribution in [0.5, 0.6) is 0 Å². The molecule has 1 aliphatic heterocycles. The Labute approximate surface area is 118 Å². The van der Waals surface area contributed by atoms with Crippen LogP contribution in [0.4, 0.5) is 0 Å². The normalized spacial score (nSPS) is 19.3. The van der Waals surface area contributed by atoms with E-state index in [1.807, 2.05) is 0 Å². The van der Waals surface area contributed by atoms with Crippen molar-refractivity contribution in [3.05, 3.63) is 0 Å². The Balaban J connectivity index is 0. The number of hydrogen-bond donors (Lipinski definition) is 1. The van der Waals surface area contributed by atoms with Gasteiger partial charge in [0, 0.05) is 19.5 Å². The summed E-state index contributed by atoms with van der Waals surface area (Å²) in [6.45, 7) is 13.9. The van der Waals surface area contributed by atoms with Crippen molar-refractivity contribution in [3.63, 3.8) is 0 Å². The van der Waals surface area contributed by atoms with Crippen molar-refractivity contribution in [1.82, 2.24) is 0 Å². The summed E-state index contributed by atoms with van der Waals surface area (Å²) in [4.78, 5) is 9.14. The summed E-state index contributed by atoms with van der Waals surface area (Å²) >= 11 is 0. The number of hydrogen-bond acceptors (Lipinski definition) is 4. The van der Waals surface area contributed by atoms with E-state index in [9.17, 15) is 0 Å². The van der Waals surface area contributed by atoms with E-state index in [1.165, 1.54) is 0 Å². The summed E-state index contributed by atoms with van der Waals surface area (Å²) < 4.78 is 16.0. The van der Waals surface area contributed by atoms with Gasteiger partial charge in [-0.3, -0.25) is 0 Å². The fourth-order valence-corrected chi connectivity index (χ4v) is 12.5. The molecule has 0 saturated carbocycles. The molecule has 0 aliphatic carbocycles. The predicted octanol–water partition coefficient (Wildman–Crippen LogP) is 1.26. The Hall–Kier alpha value is 1.33. The molecule has 0 spiro atoms. The van der Waals surface area contributed by atoms with Gasteiger partial charge in [0.2, 0.25) is 0 Å². The van der Waals surface area contributed by atoms with Crippen LogP contribution in [0, 0.1) is 0 Å². The first-order valence-electron chi connectivity index (χ1n) is 5.28. The van der Waals surface area contributed by atoms with Crippen LogP contribution in [-0.2, 0) is 31.8 Å². The molecule has 0 aromatic heterocycles. The summed E-state index contributed by atoms with van der Waals surface area (Å²) in [5, 5.41) is 0. The molecule has 0 unspecified atom stereocenters. The van der Waals surface area contributed by atoms with E-state index in [1.54, 1.807) is 13.1 Å². The first kappa shape index (κ1) is 19.7. The average Bonchev–Trinajstić information content (AvgIpc) is 1.75. The first-order chi connectivity index (χ1) is 6.52. The van der Waals surface area contributed by atoms with Crippen LogP contribution in [0.1, 0.15) is 0 Å². The Kier molecular flexibility index (Phi) is 9.46. The molecule has 16 heavy (non-hydrogen) atoms. The molecule has 9 heteroatoms. The molecule has 1 rings (SSSR count). The van der Waals surface area contributed by atoms with Gasteiger partial charge >= 0.3 is 26.4 Å².